The van der Waals surface area contributed by atoms with Crippen LogP contribution in [0.3, 0.4) is 0 Å². The second-order valence-electron chi connectivity index (χ2n) is 9.95. The molecule has 1 fully saturated rings. The number of ether oxygens (including phenoxy) is 2. The topological polar surface area (TPSA) is 88.1 Å². The third-order valence-electron chi connectivity index (χ3n) is 7.05. The molecule has 1 aliphatic carbocycles. The summed E-state index contributed by atoms with van der Waals surface area (Å²) in [6, 6.07) is 13.2. The second kappa shape index (κ2) is 14.7. The number of hydrogen-bond donors (Lipinski definition) is 2. The first-order chi connectivity index (χ1) is 17.9. The van der Waals surface area contributed by atoms with Crippen LogP contribution in [-0.2, 0) is 16.1 Å². The van der Waals surface area contributed by atoms with Crippen LogP contribution in [0, 0.1) is 13.8 Å². The van der Waals surface area contributed by atoms with Gasteiger partial charge in [-0.25, -0.2) is 9.59 Å². The maximum Gasteiger partial charge on any atom is 0.336 e. The van der Waals surface area contributed by atoms with Gasteiger partial charge in [-0.2, -0.15) is 0 Å². The van der Waals surface area contributed by atoms with Crippen molar-refractivity contribution in [2.45, 2.75) is 84.5 Å². The molecule has 1 aliphatic rings. The molecule has 2 amide bonds. The van der Waals surface area contributed by atoms with Gasteiger partial charge in [-0.15, -0.1) is 0 Å². The van der Waals surface area contributed by atoms with E-state index in [1.807, 2.05) is 61.2 Å². The molecule has 0 unspecified atom stereocenters. The molecule has 3 rings (SSSR count). The fraction of sp³-hybridized carbons (Fsp3) is 0.533. The van der Waals surface area contributed by atoms with Gasteiger partial charge in [-0.3, -0.25) is 0 Å². The molecule has 0 spiro atoms. The van der Waals surface area contributed by atoms with Crippen molar-refractivity contribution in [2.24, 2.45) is 0 Å². The summed E-state index contributed by atoms with van der Waals surface area (Å²) in [4.78, 5) is 26.5. The molecule has 2 aromatic carbocycles. The maximum absolute atomic E-state index is 13.0. The van der Waals surface area contributed by atoms with E-state index in [9.17, 15) is 14.7 Å². The van der Waals surface area contributed by atoms with Gasteiger partial charge < -0.3 is 24.8 Å². The minimum Gasteiger partial charge on any atom is -0.478 e. The van der Waals surface area contributed by atoms with Gasteiger partial charge in [0, 0.05) is 18.8 Å². The molecule has 37 heavy (non-hydrogen) atoms. The number of benzene rings is 2. The highest BCUT2D eigenvalue weighted by Crippen LogP contribution is 2.25. The fourth-order valence-corrected chi connectivity index (χ4v) is 4.87. The van der Waals surface area contributed by atoms with Crippen LogP contribution in [0.5, 0.6) is 0 Å². The molecule has 0 heterocycles. The van der Waals surface area contributed by atoms with E-state index in [1.165, 1.54) is 0 Å². The predicted molar refractivity (Wildman–Crippen MR) is 146 cm³/mol. The molecule has 0 radical (unpaired) electrons. The third-order valence-corrected chi connectivity index (χ3v) is 7.05. The standard InChI is InChI=1S/C30H42N2O5/c1-4-5-8-17-32(30(35)31-27-16-7-6-11-22(27)2)18-19-36-25-14-10-15-26(20-25)37-21-24-13-9-12-23(3)28(24)29(33)34/h6-7,9,11-13,16,25-26H,4-5,8,10,14-15,17-21H2,1-3H3,(H,31,35)(H,33,34)/t25-,26+/m1/s1. The van der Waals surface area contributed by atoms with Crippen LogP contribution in [0.2, 0.25) is 0 Å². The number of aromatic carboxylic acids is 1. The first kappa shape index (κ1) is 28.7. The summed E-state index contributed by atoms with van der Waals surface area (Å²) in [7, 11) is 0. The zero-order valence-electron chi connectivity index (χ0n) is 22.5. The van der Waals surface area contributed by atoms with E-state index >= 15 is 0 Å². The van der Waals surface area contributed by atoms with Crippen molar-refractivity contribution in [3.8, 4) is 0 Å². The number of amides is 2. The Bertz CT molecular complexity index is 1020. The number of aryl methyl sites for hydroxylation is 2. The van der Waals surface area contributed by atoms with E-state index in [2.05, 4.69) is 12.2 Å². The Labute approximate surface area is 221 Å². The number of carboxylic acid groups (broad SMARTS) is 1. The van der Waals surface area contributed by atoms with Crippen molar-refractivity contribution < 1.29 is 24.2 Å². The molecular weight excluding hydrogens is 468 g/mol. The zero-order valence-corrected chi connectivity index (χ0v) is 22.5. The lowest BCUT2D eigenvalue weighted by Gasteiger charge is -2.30. The van der Waals surface area contributed by atoms with Crippen molar-refractivity contribution in [3.05, 3.63) is 64.7 Å². The number of hydrogen-bond acceptors (Lipinski definition) is 4. The van der Waals surface area contributed by atoms with E-state index in [4.69, 9.17) is 9.47 Å². The van der Waals surface area contributed by atoms with Gasteiger partial charge >= 0.3 is 12.0 Å². The Morgan fingerprint density at radius 2 is 1.70 bits per heavy atom. The first-order valence-corrected chi connectivity index (χ1v) is 13.6. The van der Waals surface area contributed by atoms with Crippen LogP contribution >= 0.6 is 0 Å². The molecule has 7 heteroatoms. The number of carbonyl (C=O) groups excluding carboxylic acids is 1. The van der Waals surface area contributed by atoms with Crippen molar-refractivity contribution >= 4 is 17.7 Å². The van der Waals surface area contributed by atoms with Gasteiger partial charge in [-0.1, -0.05) is 56.2 Å². The quantitative estimate of drug-likeness (QED) is 0.298. The third kappa shape index (κ3) is 8.86. The fourth-order valence-electron chi connectivity index (χ4n) is 4.87. The van der Waals surface area contributed by atoms with Gasteiger partial charge in [0.15, 0.2) is 0 Å². The number of unbranched alkanes of at least 4 members (excludes halogenated alkanes) is 2. The van der Waals surface area contributed by atoms with Gasteiger partial charge in [0.1, 0.15) is 0 Å². The summed E-state index contributed by atoms with van der Waals surface area (Å²) in [5, 5.41) is 12.6. The number of anilines is 1. The monoisotopic (exact) mass is 510 g/mol. The number of urea groups is 1. The second-order valence-corrected chi connectivity index (χ2v) is 9.95. The molecule has 0 aliphatic heterocycles. The number of nitrogens with one attached hydrogen (secondary N) is 1. The highest BCUT2D eigenvalue weighted by Gasteiger charge is 2.24. The Morgan fingerprint density at radius 1 is 0.973 bits per heavy atom. The normalized spacial score (nSPS) is 17.4. The van der Waals surface area contributed by atoms with E-state index in [-0.39, 0.29) is 24.8 Å². The van der Waals surface area contributed by atoms with Crippen LogP contribution in [0.25, 0.3) is 0 Å². The van der Waals surface area contributed by atoms with Crippen LogP contribution in [0.1, 0.15) is 78.9 Å². The van der Waals surface area contributed by atoms with Gasteiger partial charge in [0.2, 0.25) is 0 Å². The zero-order chi connectivity index (χ0) is 26.6. The summed E-state index contributed by atoms with van der Waals surface area (Å²) in [5.41, 5.74) is 3.65. The Balaban J connectivity index is 1.49. The molecule has 0 bridgehead atoms. The van der Waals surface area contributed by atoms with Crippen LogP contribution < -0.4 is 5.32 Å². The van der Waals surface area contributed by atoms with Gasteiger partial charge in [-0.05, 0) is 68.7 Å². The molecule has 202 valence electrons. The molecule has 0 aromatic heterocycles. The minimum atomic E-state index is -0.920. The molecule has 0 saturated heterocycles. The van der Waals surface area contributed by atoms with Crippen LogP contribution in [-0.4, -0.2) is 53.9 Å². The molecule has 7 nitrogen and oxygen atoms in total. The Kier molecular flexibility index (Phi) is 11.4. The molecular formula is C30H42N2O5. The lowest BCUT2D eigenvalue weighted by molar-refractivity contribution is -0.0523. The Hall–Kier alpha value is -2.90. The van der Waals surface area contributed by atoms with E-state index in [1.54, 1.807) is 0 Å². The highest BCUT2D eigenvalue weighted by atomic mass is 16.5. The average Bonchev–Trinajstić information content (AvgIpc) is 2.88. The van der Waals surface area contributed by atoms with Gasteiger partial charge in [0.25, 0.3) is 0 Å². The first-order valence-electron chi connectivity index (χ1n) is 13.6. The molecule has 2 aromatic rings. The highest BCUT2D eigenvalue weighted by molar-refractivity contribution is 5.91. The van der Waals surface area contributed by atoms with Crippen LogP contribution in [0.15, 0.2) is 42.5 Å². The number of rotatable bonds is 13. The van der Waals surface area contributed by atoms with Crippen molar-refractivity contribution in [2.75, 3.05) is 25.0 Å². The van der Waals surface area contributed by atoms with Crippen molar-refractivity contribution in [1.29, 1.82) is 0 Å². The number of carboxylic acids is 1. The average molecular weight is 511 g/mol. The van der Waals surface area contributed by atoms with E-state index < -0.39 is 5.97 Å². The van der Waals surface area contributed by atoms with Crippen molar-refractivity contribution in [3.63, 3.8) is 0 Å². The Morgan fingerprint density at radius 3 is 2.43 bits per heavy atom. The molecule has 2 N–H and O–H groups in total. The largest absolute Gasteiger partial charge is 0.478 e. The van der Waals surface area contributed by atoms with E-state index in [0.717, 1.165) is 61.8 Å². The summed E-state index contributed by atoms with van der Waals surface area (Å²) < 4.78 is 12.3. The minimum absolute atomic E-state index is 0.0333. The van der Waals surface area contributed by atoms with Gasteiger partial charge in [0.05, 0.1) is 31.0 Å². The molecule has 2 atom stereocenters. The maximum atomic E-state index is 13.0. The number of para-hydroxylation sites is 1. The number of nitrogens with zero attached hydrogens (tertiary/aromatic N) is 1. The summed E-state index contributed by atoms with van der Waals surface area (Å²) in [6.07, 6.45) is 6.95. The summed E-state index contributed by atoms with van der Waals surface area (Å²) in [5.74, 6) is -0.920. The SMILES string of the molecule is CCCCCN(CCO[C@@H]1CCC[C@H](OCc2cccc(C)c2C(=O)O)C1)C(=O)Nc1ccccc1C. The number of carbonyl (C=O) groups is 2. The van der Waals surface area contributed by atoms with Crippen LogP contribution in [0.4, 0.5) is 10.5 Å². The lowest BCUT2D eigenvalue weighted by atomic mass is 9.94. The molecule has 1 saturated carbocycles. The summed E-state index contributed by atoms with van der Waals surface area (Å²) in [6.45, 7) is 7.95. The van der Waals surface area contributed by atoms with E-state index in [0.29, 0.717) is 30.8 Å². The predicted octanol–water partition coefficient (Wildman–Crippen LogP) is 6.57. The van der Waals surface area contributed by atoms with Crippen molar-refractivity contribution in [1.82, 2.24) is 4.90 Å². The lowest BCUT2D eigenvalue weighted by Crippen LogP contribution is -2.39. The summed E-state index contributed by atoms with van der Waals surface area (Å²) >= 11 is 0. The smallest absolute Gasteiger partial charge is 0.336 e.